The molecular formula is C21H21N3O2S2. The SMILES string of the molecule is Cc1cccc(NC(=O)CSCC(=O)Nc2nc(C)c(-c3ccccc3)s2)c1. The van der Waals surface area contributed by atoms with Gasteiger partial charge in [-0.15, -0.1) is 11.8 Å². The van der Waals surface area contributed by atoms with E-state index < -0.39 is 0 Å². The number of anilines is 2. The molecule has 0 saturated carbocycles. The number of carbonyl (C=O) groups excluding carboxylic acids is 2. The minimum absolute atomic E-state index is 0.125. The first-order valence-corrected chi connectivity index (χ1v) is 10.8. The molecule has 5 nitrogen and oxygen atoms in total. The van der Waals surface area contributed by atoms with Gasteiger partial charge in [0.2, 0.25) is 11.8 Å². The van der Waals surface area contributed by atoms with E-state index in [1.54, 1.807) is 0 Å². The third-order valence-electron chi connectivity index (χ3n) is 3.85. The zero-order valence-electron chi connectivity index (χ0n) is 15.7. The molecule has 3 rings (SSSR count). The minimum Gasteiger partial charge on any atom is -0.325 e. The maximum absolute atomic E-state index is 12.2. The number of aromatic nitrogens is 1. The first kappa shape index (κ1) is 20.1. The van der Waals surface area contributed by atoms with E-state index in [2.05, 4.69) is 15.6 Å². The molecule has 0 radical (unpaired) electrons. The molecule has 3 aromatic rings. The zero-order chi connectivity index (χ0) is 19.9. The Kier molecular flexibility index (Phi) is 6.84. The predicted molar refractivity (Wildman–Crippen MR) is 118 cm³/mol. The van der Waals surface area contributed by atoms with E-state index in [1.165, 1.54) is 23.1 Å². The molecule has 144 valence electrons. The Morgan fingerprint density at radius 2 is 1.68 bits per heavy atom. The van der Waals surface area contributed by atoms with Crippen LogP contribution in [0.5, 0.6) is 0 Å². The highest BCUT2D eigenvalue weighted by Gasteiger charge is 2.12. The molecule has 0 atom stereocenters. The molecule has 0 fully saturated rings. The van der Waals surface area contributed by atoms with Gasteiger partial charge in [0.25, 0.3) is 0 Å². The summed E-state index contributed by atoms with van der Waals surface area (Å²) in [6, 6.07) is 17.6. The van der Waals surface area contributed by atoms with Crippen LogP contribution in [-0.4, -0.2) is 28.3 Å². The molecule has 2 aromatic carbocycles. The van der Waals surface area contributed by atoms with Gasteiger partial charge in [0.05, 0.1) is 22.1 Å². The number of amides is 2. The molecule has 7 heteroatoms. The maximum atomic E-state index is 12.2. The van der Waals surface area contributed by atoms with E-state index >= 15 is 0 Å². The van der Waals surface area contributed by atoms with Crippen LogP contribution in [0.3, 0.4) is 0 Å². The van der Waals surface area contributed by atoms with Crippen LogP contribution in [-0.2, 0) is 9.59 Å². The quantitative estimate of drug-likeness (QED) is 0.589. The third kappa shape index (κ3) is 5.68. The Hall–Kier alpha value is -2.64. The summed E-state index contributed by atoms with van der Waals surface area (Å²) in [4.78, 5) is 29.6. The lowest BCUT2D eigenvalue weighted by molar-refractivity contribution is -0.114. The molecule has 0 spiro atoms. The van der Waals surface area contributed by atoms with Crippen molar-refractivity contribution in [2.75, 3.05) is 22.1 Å². The van der Waals surface area contributed by atoms with Crippen molar-refractivity contribution in [3.05, 3.63) is 65.9 Å². The molecule has 2 N–H and O–H groups in total. The number of nitrogens with one attached hydrogen (secondary N) is 2. The van der Waals surface area contributed by atoms with Crippen molar-refractivity contribution in [2.24, 2.45) is 0 Å². The molecule has 0 unspecified atom stereocenters. The van der Waals surface area contributed by atoms with Gasteiger partial charge in [0.1, 0.15) is 0 Å². The Balaban J connectivity index is 1.46. The minimum atomic E-state index is -0.165. The van der Waals surface area contributed by atoms with Gasteiger partial charge in [0, 0.05) is 5.69 Å². The average molecular weight is 412 g/mol. The molecule has 1 aromatic heterocycles. The van der Waals surface area contributed by atoms with Crippen molar-refractivity contribution in [1.82, 2.24) is 4.98 Å². The summed E-state index contributed by atoms with van der Waals surface area (Å²) >= 11 is 2.72. The second-order valence-electron chi connectivity index (χ2n) is 6.26. The Labute approximate surface area is 172 Å². The van der Waals surface area contributed by atoms with Crippen LogP contribution in [0, 0.1) is 13.8 Å². The average Bonchev–Trinajstić information content (AvgIpc) is 3.02. The van der Waals surface area contributed by atoms with E-state index in [4.69, 9.17) is 0 Å². The van der Waals surface area contributed by atoms with Crippen LogP contribution in [0.15, 0.2) is 54.6 Å². The molecule has 0 saturated heterocycles. The monoisotopic (exact) mass is 411 g/mol. The zero-order valence-corrected chi connectivity index (χ0v) is 17.3. The summed E-state index contributed by atoms with van der Waals surface area (Å²) in [5.41, 5.74) is 3.82. The van der Waals surface area contributed by atoms with Crippen LogP contribution in [0.1, 0.15) is 11.3 Å². The summed E-state index contributed by atoms with van der Waals surface area (Å²) in [5.74, 6) is 0.121. The molecule has 28 heavy (non-hydrogen) atoms. The summed E-state index contributed by atoms with van der Waals surface area (Å²) in [6.07, 6.45) is 0. The lowest BCUT2D eigenvalue weighted by Crippen LogP contribution is -2.18. The standard InChI is InChI=1S/C21H21N3O2S2/c1-14-7-6-10-17(11-14)23-18(25)12-27-13-19(26)24-21-22-15(2)20(28-21)16-8-4-3-5-9-16/h3-11H,12-13H2,1-2H3,(H,23,25)(H,22,24,26). The number of thiazole rings is 1. The third-order valence-corrected chi connectivity index (χ3v) is 5.90. The highest BCUT2D eigenvalue weighted by atomic mass is 32.2. The van der Waals surface area contributed by atoms with Crippen molar-refractivity contribution < 1.29 is 9.59 Å². The van der Waals surface area contributed by atoms with E-state index in [0.29, 0.717) is 5.13 Å². The van der Waals surface area contributed by atoms with Crippen LogP contribution in [0.4, 0.5) is 10.8 Å². The first-order chi connectivity index (χ1) is 13.5. The molecule has 0 aliphatic rings. The molecule has 0 aliphatic carbocycles. The van der Waals surface area contributed by atoms with Crippen molar-refractivity contribution in [3.63, 3.8) is 0 Å². The van der Waals surface area contributed by atoms with Gasteiger partial charge in [-0.1, -0.05) is 53.8 Å². The Morgan fingerprint density at radius 3 is 2.39 bits per heavy atom. The van der Waals surface area contributed by atoms with Crippen LogP contribution in [0.2, 0.25) is 0 Å². The largest absolute Gasteiger partial charge is 0.325 e. The lowest BCUT2D eigenvalue weighted by Gasteiger charge is -2.06. The van der Waals surface area contributed by atoms with E-state index in [9.17, 15) is 9.59 Å². The second-order valence-corrected chi connectivity index (χ2v) is 8.24. The fraction of sp³-hybridized carbons (Fsp3) is 0.190. The predicted octanol–water partition coefficient (Wildman–Crippen LogP) is 4.74. The second kappa shape index (κ2) is 9.52. The summed E-state index contributed by atoms with van der Waals surface area (Å²) in [7, 11) is 0. The smallest absolute Gasteiger partial charge is 0.236 e. The van der Waals surface area contributed by atoms with Crippen molar-refractivity contribution in [2.45, 2.75) is 13.8 Å². The molecule has 0 aliphatic heterocycles. The van der Waals surface area contributed by atoms with Gasteiger partial charge < -0.3 is 10.6 Å². The number of thioether (sulfide) groups is 1. The number of benzene rings is 2. The lowest BCUT2D eigenvalue weighted by atomic mass is 10.2. The van der Waals surface area contributed by atoms with Gasteiger partial charge in [0.15, 0.2) is 5.13 Å². The topological polar surface area (TPSA) is 71.1 Å². The normalized spacial score (nSPS) is 10.5. The van der Waals surface area contributed by atoms with Crippen LogP contribution >= 0.6 is 23.1 Å². The summed E-state index contributed by atoms with van der Waals surface area (Å²) in [6.45, 7) is 3.90. The first-order valence-electron chi connectivity index (χ1n) is 8.78. The molecule has 0 bridgehead atoms. The summed E-state index contributed by atoms with van der Waals surface area (Å²) in [5, 5.41) is 6.23. The van der Waals surface area contributed by atoms with Crippen molar-refractivity contribution in [3.8, 4) is 10.4 Å². The van der Waals surface area contributed by atoms with Gasteiger partial charge in [-0.2, -0.15) is 0 Å². The Morgan fingerprint density at radius 1 is 0.964 bits per heavy atom. The Bertz CT molecular complexity index is 971. The van der Waals surface area contributed by atoms with Gasteiger partial charge in [-0.25, -0.2) is 4.98 Å². The number of rotatable bonds is 7. The number of hydrogen-bond donors (Lipinski definition) is 2. The van der Waals surface area contributed by atoms with Crippen molar-refractivity contribution >= 4 is 45.7 Å². The number of carbonyl (C=O) groups is 2. The maximum Gasteiger partial charge on any atom is 0.236 e. The van der Waals surface area contributed by atoms with Crippen LogP contribution < -0.4 is 10.6 Å². The van der Waals surface area contributed by atoms with E-state index in [0.717, 1.165) is 27.4 Å². The molecular weight excluding hydrogens is 390 g/mol. The van der Waals surface area contributed by atoms with E-state index in [-0.39, 0.29) is 23.3 Å². The fourth-order valence-electron chi connectivity index (χ4n) is 2.62. The highest BCUT2D eigenvalue weighted by molar-refractivity contribution is 8.00. The highest BCUT2D eigenvalue weighted by Crippen LogP contribution is 2.32. The van der Waals surface area contributed by atoms with Gasteiger partial charge in [-0.3, -0.25) is 9.59 Å². The number of hydrogen-bond acceptors (Lipinski definition) is 5. The fourth-order valence-corrected chi connectivity index (χ4v) is 4.22. The molecule has 1 heterocycles. The summed E-state index contributed by atoms with van der Waals surface area (Å²) < 4.78 is 0. The number of aryl methyl sites for hydroxylation is 2. The molecule has 2 amide bonds. The van der Waals surface area contributed by atoms with Gasteiger partial charge in [-0.05, 0) is 37.1 Å². The van der Waals surface area contributed by atoms with E-state index in [1.807, 2.05) is 68.4 Å². The van der Waals surface area contributed by atoms with Crippen molar-refractivity contribution in [1.29, 1.82) is 0 Å². The van der Waals surface area contributed by atoms with Crippen LogP contribution in [0.25, 0.3) is 10.4 Å². The number of nitrogens with zero attached hydrogens (tertiary/aromatic N) is 1. The van der Waals surface area contributed by atoms with Gasteiger partial charge >= 0.3 is 0 Å².